The van der Waals surface area contributed by atoms with Crippen molar-refractivity contribution in [2.45, 2.75) is 26.8 Å². The molecule has 17 heavy (non-hydrogen) atoms. The average molecular weight is 247 g/mol. The number of benzene rings is 1. The first kappa shape index (κ1) is 12.2. The second-order valence-corrected chi connectivity index (χ2v) is 5.32. The minimum Gasteiger partial charge on any atom is -0.258 e. The highest BCUT2D eigenvalue weighted by Crippen LogP contribution is 2.14. The molecule has 0 aliphatic carbocycles. The standard InChI is InChI=1S/C13H17N3S/c1-9(2)14-13-16-15-12(8-17-13)11-6-4-10(3)5-7-11/h4-7,9H,8H2,1-3H3,(H,14,16). The van der Waals surface area contributed by atoms with Crippen LogP contribution in [0.15, 0.2) is 34.4 Å². The lowest BCUT2D eigenvalue weighted by atomic mass is 10.1. The predicted molar refractivity (Wildman–Crippen MR) is 75.9 cm³/mol. The zero-order valence-corrected chi connectivity index (χ0v) is 11.2. The summed E-state index contributed by atoms with van der Waals surface area (Å²) >= 11 is 1.71. The Morgan fingerprint density at radius 2 is 2.00 bits per heavy atom. The van der Waals surface area contributed by atoms with Crippen LogP contribution in [0.1, 0.15) is 25.0 Å². The molecule has 0 amide bonds. The van der Waals surface area contributed by atoms with Crippen molar-refractivity contribution in [2.24, 2.45) is 10.1 Å². The fraction of sp³-hybridized carbons (Fsp3) is 0.385. The van der Waals surface area contributed by atoms with E-state index in [0.29, 0.717) is 6.04 Å². The summed E-state index contributed by atoms with van der Waals surface area (Å²) < 4.78 is 0. The van der Waals surface area contributed by atoms with E-state index in [9.17, 15) is 0 Å². The third-order valence-corrected chi connectivity index (χ3v) is 3.28. The maximum atomic E-state index is 4.44. The van der Waals surface area contributed by atoms with Crippen LogP contribution in [0.5, 0.6) is 0 Å². The Labute approximate surface area is 106 Å². The molecule has 0 spiro atoms. The highest BCUT2D eigenvalue weighted by atomic mass is 32.2. The molecule has 90 valence electrons. The summed E-state index contributed by atoms with van der Waals surface area (Å²) in [5.41, 5.74) is 6.55. The first-order valence-electron chi connectivity index (χ1n) is 5.75. The Kier molecular flexibility index (Phi) is 3.84. The van der Waals surface area contributed by atoms with Crippen molar-refractivity contribution in [2.75, 3.05) is 5.75 Å². The van der Waals surface area contributed by atoms with E-state index in [4.69, 9.17) is 0 Å². The van der Waals surface area contributed by atoms with Crippen molar-refractivity contribution < 1.29 is 0 Å². The molecule has 0 atom stereocenters. The van der Waals surface area contributed by atoms with Crippen molar-refractivity contribution in [1.29, 1.82) is 0 Å². The first-order chi connectivity index (χ1) is 8.15. The van der Waals surface area contributed by atoms with Crippen LogP contribution >= 0.6 is 11.8 Å². The summed E-state index contributed by atoms with van der Waals surface area (Å²) in [6.07, 6.45) is 0. The summed E-state index contributed by atoms with van der Waals surface area (Å²) in [4.78, 5) is 4.44. The SMILES string of the molecule is Cc1ccc(C2=NNC(=NC(C)C)SC2)cc1. The number of hydrogen-bond donors (Lipinski definition) is 1. The quantitative estimate of drug-likeness (QED) is 0.872. The fourth-order valence-electron chi connectivity index (χ4n) is 1.51. The summed E-state index contributed by atoms with van der Waals surface area (Å²) in [5.74, 6) is 0.877. The van der Waals surface area contributed by atoms with E-state index in [1.54, 1.807) is 11.8 Å². The maximum absolute atomic E-state index is 4.44. The van der Waals surface area contributed by atoms with E-state index >= 15 is 0 Å². The lowest BCUT2D eigenvalue weighted by molar-refractivity contribution is 0.826. The van der Waals surface area contributed by atoms with Gasteiger partial charge in [-0.1, -0.05) is 41.6 Å². The molecule has 1 heterocycles. The number of amidine groups is 1. The van der Waals surface area contributed by atoms with Crippen LogP contribution in [-0.2, 0) is 0 Å². The third-order valence-electron chi connectivity index (χ3n) is 2.39. The molecule has 1 aromatic rings. The van der Waals surface area contributed by atoms with Crippen LogP contribution in [0.4, 0.5) is 0 Å². The van der Waals surface area contributed by atoms with Crippen molar-refractivity contribution >= 4 is 22.6 Å². The molecule has 3 nitrogen and oxygen atoms in total. The molecule has 1 N–H and O–H groups in total. The molecule has 0 unspecified atom stereocenters. The van der Waals surface area contributed by atoms with E-state index in [2.05, 4.69) is 60.6 Å². The van der Waals surface area contributed by atoms with Gasteiger partial charge >= 0.3 is 0 Å². The normalized spacial score (nSPS) is 18.1. The van der Waals surface area contributed by atoms with Gasteiger partial charge in [0, 0.05) is 11.8 Å². The van der Waals surface area contributed by atoms with Gasteiger partial charge in [-0.3, -0.25) is 10.4 Å². The van der Waals surface area contributed by atoms with E-state index in [0.717, 1.165) is 16.6 Å². The highest BCUT2D eigenvalue weighted by molar-refractivity contribution is 8.14. The van der Waals surface area contributed by atoms with Gasteiger partial charge in [-0.15, -0.1) is 0 Å². The molecule has 0 radical (unpaired) electrons. The number of nitrogens with zero attached hydrogens (tertiary/aromatic N) is 2. The summed E-state index contributed by atoms with van der Waals surface area (Å²) in [6, 6.07) is 8.75. The maximum Gasteiger partial charge on any atom is 0.177 e. The second kappa shape index (κ2) is 5.36. The van der Waals surface area contributed by atoms with Crippen LogP contribution in [0.2, 0.25) is 0 Å². The third kappa shape index (κ3) is 3.33. The molecule has 0 fully saturated rings. The summed E-state index contributed by atoms with van der Waals surface area (Å²) in [6.45, 7) is 6.22. The lowest BCUT2D eigenvalue weighted by Gasteiger charge is -2.15. The van der Waals surface area contributed by atoms with Gasteiger partial charge in [-0.2, -0.15) is 5.10 Å². The highest BCUT2D eigenvalue weighted by Gasteiger charge is 2.12. The molecule has 0 aromatic heterocycles. The van der Waals surface area contributed by atoms with E-state index in [1.165, 1.54) is 11.1 Å². The largest absolute Gasteiger partial charge is 0.258 e. The average Bonchev–Trinajstić information content (AvgIpc) is 2.30. The molecule has 1 aliphatic heterocycles. The van der Waals surface area contributed by atoms with Gasteiger partial charge in [0.25, 0.3) is 0 Å². The molecule has 0 saturated carbocycles. The van der Waals surface area contributed by atoms with Gasteiger partial charge in [0.2, 0.25) is 0 Å². The van der Waals surface area contributed by atoms with E-state index in [1.807, 2.05) is 0 Å². The van der Waals surface area contributed by atoms with Crippen molar-refractivity contribution in [3.63, 3.8) is 0 Å². The van der Waals surface area contributed by atoms with Gasteiger partial charge in [0.05, 0.1) is 5.71 Å². The summed E-state index contributed by atoms with van der Waals surface area (Å²) in [7, 11) is 0. The van der Waals surface area contributed by atoms with Gasteiger partial charge < -0.3 is 0 Å². The number of nitrogens with one attached hydrogen (secondary N) is 1. The Balaban J connectivity index is 2.11. The van der Waals surface area contributed by atoms with Crippen LogP contribution in [0.25, 0.3) is 0 Å². The Morgan fingerprint density at radius 1 is 1.29 bits per heavy atom. The molecular weight excluding hydrogens is 230 g/mol. The van der Waals surface area contributed by atoms with Gasteiger partial charge in [-0.25, -0.2) is 0 Å². The Bertz CT molecular complexity index is 446. The topological polar surface area (TPSA) is 36.8 Å². The smallest absolute Gasteiger partial charge is 0.177 e. The Morgan fingerprint density at radius 3 is 2.53 bits per heavy atom. The van der Waals surface area contributed by atoms with Crippen molar-refractivity contribution in [3.8, 4) is 0 Å². The van der Waals surface area contributed by atoms with E-state index in [-0.39, 0.29) is 0 Å². The molecule has 2 rings (SSSR count). The second-order valence-electron chi connectivity index (χ2n) is 4.35. The van der Waals surface area contributed by atoms with Crippen molar-refractivity contribution in [1.82, 2.24) is 5.43 Å². The van der Waals surface area contributed by atoms with Gasteiger partial charge in [-0.05, 0) is 26.3 Å². The zero-order valence-electron chi connectivity index (χ0n) is 10.4. The van der Waals surface area contributed by atoms with Crippen LogP contribution in [0, 0.1) is 6.92 Å². The zero-order chi connectivity index (χ0) is 12.3. The van der Waals surface area contributed by atoms with Crippen molar-refractivity contribution in [3.05, 3.63) is 35.4 Å². The summed E-state index contributed by atoms with van der Waals surface area (Å²) in [5, 5.41) is 5.29. The van der Waals surface area contributed by atoms with E-state index < -0.39 is 0 Å². The number of hydrogen-bond acceptors (Lipinski definition) is 3. The molecular formula is C13H17N3S. The predicted octanol–water partition coefficient (Wildman–Crippen LogP) is 2.80. The number of aryl methyl sites for hydroxylation is 1. The minimum absolute atomic E-state index is 0.307. The first-order valence-corrected chi connectivity index (χ1v) is 6.74. The monoisotopic (exact) mass is 247 g/mol. The van der Waals surface area contributed by atoms with Crippen LogP contribution < -0.4 is 5.43 Å². The molecule has 4 heteroatoms. The number of rotatable bonds is 2. The van der Waals surface area contributed by atoms with Crippen LogP contribution in [-0.4, -0.2) is 22.7 Å². The van der Waals surface area contributed by atoms with Crippen LogP contribution in [0.3, 0.4) is 0 Å². The van der Waals surface area contributed by atoms with Gasteiger partial charge in [0.15, 0.2) is 5.17 Å². The fourth-order valence-corrected chi connectivity index (χ4v) is 2.41. The number of hydrazone groups is 1. The minimum atomic E-state index is 0.307. The lowest BCUT2D eigenvalue weighted by Crippen LogP contribution is -2.26. The molecule has 0 saturated heterocycles. The number of aliphatic imine (C=N–C) groups is 1. The molecule has 1 aromatic carbocycles. The molecule has 0 bridgehead atoms. The molecule has 1 aliphatic rings. The number of thioether (sulfide) groups is 1. The Hall–Kier alpha value is -1.29. The van der Waals surface area contributed by atoms with Gasteiger partial charge in [0.1, 0.15) is 0 Å².